The van der Waals surface area contributed by atoms with E-state index in [4.69, 9.17) is 105 Å². The van der Waals surface area contributed by atoms with E-state index in [0.29, 0.717) is 89.4 Å². The van der Waals surface area contributed by atoms with Crippen molar-refractivity contribution in [2.24, 2.45) is 0 Å². The number of nitrogens with zero attached hydrogens (tertiary/aromatic N) is 2. The predicted octanol–water partition coefficient (Wildman–Crippen LogP) is 8.67. The van der Waals surface area contributed by atoms with Gasteiger partial charge in [0.2, 0.25) is 49.6 Å². The van der Waals surface area contributed by atoms with Gasteiger partial charge in [0.05, 0.1) is 49.2 Å². The molecule has 4 saturated heterocycles. The van der Waals surface area contributed by atoms with E-state index in [1.807, 2.05) is 48.5 Å². The van der Waals surface area contributed by atoms with Crippen LogP contribution < -0.4 is 18.9 Å². The lowest BCUT2D eigenvalue weighted by atomic mass is 10.00. The SMILES string of the molecule is CC(=O)O[C@@H]1[C@H](Oc2cccc(-c3c4nc(c(-c5cccc(O[C@@H]6OC[C@@H](OC(C)=O)[C@@H](OC(C)=O)[C@@H]6OC(C)=O)c5)c5ccc([nH]5)c(-c5cccc(O[C@@H]6OC[C@@H](OC(C)=O)[C@@H](OC(C)=O)[C@@H]6OC(C)=O)c5)c5nc(c(-c6cccc(O[C@@H]7OC[C@@H](OC(C)=O)[C@@H](OC(C)=O)[C@@H]7OC(C)=O)c6)c6ccc3[nH]6)CC5)CC4)c2)OC[C@@H](OC(C)=O)[C@H]1OC(C)=O. The van der Waals surface area contributed by atoms with Crippen molar-refractivity contribution in [1.82, 2.24) is 19.9 Å². The zero-order valence-electron chi connectivity index (χ0n) is 69.4. The van der Waals surface area contributed by atoms with Crippen molar-refractivity contribution in [3.8, 4) is 67.5 Å². The molecule has 2 N–H and O–H groups in total. The van der Waals surface area contributed by atoms with Gasteiger partial charge in [-0.15, -0.1) is 0 Å². The van der Waals surface area contributed by atoms with Crippen LogP contribution in [0.2, 0.25) is 0 Å². The van der Waals surface area contributed by atoms with Crippen molar-refractivity contribution in [1.29, 1.82) is 0 Å². The lowest BCUT2D eigenvalue weighted by molar-refractivity contribution is -0.259. The summed E-state index contributed by atoms with van der Waals surface area (Å²) in [6.45, 7) is 12.4. The Bertz CT molecular complexity index is 4810. The maximum absolute atomic E-state index is 12.9. The summed E-state index contributed by atoms with van der Waals surface area (Å²) in [6, 6.07) is 35.0. The Morgan fingerprint density at radius 3 is 0.629 bits per heavy atom. The minimum absolute atomic E-state index is 0.162. The molecule has 16 atom stereocenters. The average molecular weight is 1720 g/mol. The van der Waals surface area contributed by atoms with Crippen LogP contribution in [0.5, 0.6) is 23.0 Å². The van der Waals surface area contributed by atoms with Gasteiger partial charge in [0, 0.05) is 127 Å². The second-order valence-corrected chi connectivity index (χ2v) is 29.7. The van der Waals surface area contributed by atoms with E-state index in [0.717, 1.165) is 83.1 Å². The highest BCUT2D eigenvalue weighted by atomic mass is 16.8. The Morgan fingerprint density at radius 1 is 0.258 bits per heavy atom. The zero-order valence-corrected chi connectivity index (χ0v) is 69.4. The third-order valence-corrected chi connectivity index (χ3v) is 20.1. The van der Waals surface area contributed by atoms with Gasteiger partial charge >= 0.3 is 71.6 Å². The van der Waals surface area contributed by atoms with Gasteiger partial charge in [-0.3, -0.25) is 67.5 Å². The number of H-pyrrole nitrogens is 2. The molecule has 0 radical (unpaired) electrons. The number of carbonyl (C=O) groups excluding carboxylic acids is 12. The summed E-state index contributed by atoms with van der Waals surface area (Å²) in [4.78, 5) is 171. The van der Waals surface area contributed by atoms with Gasteiger partial charge in [0.15, 0.2) is 48.8 Å². The van der Waals surface area contributed by atoms with Gasteiger partial charge in [-0.05, 0) is 121 Å². The molecule has 654 valence electrons. The lowest BCUT2D eigenvalue weighted by Gasteiger charge is -2.40. The smallest absolute Gasteiger partial charge is 0.303 e. The zero-order chi connectivity index (χ0) is 88.5. The van der Waals surface area contributed by atoms with Crippen LogP contribution in [0.25, 0.3) is 66.6 Å². The minimum atomic E-state index is -1.47. The molecule has 36 nitrogen and oxygen atoms in total. The number of carbonyl (C=O) groups is 12. The fourth-order valence-corrected chi connectivity index (χ4v) is 15.7. The summed E-state index contributed by atoms with van der Waals surface area (Å²) < 4.78 is 119. The largest absolute Gasteiger partial charge is 0.461 e. The van der Waals surface area contributed by atoms with E-state index in [-0.39, 0.29) is 75.1 Å². The average Bonchev–Trinajstić information content (AvgIpc) is 1.60. The molecular formula is C88H90N4O32. The normalized spacial score (nSPS) is 24.0. The second-order valence-electron chi connectivity index (χ2n) is 29.7. The van der Waals surface area contributed by atoms with Crippen LogP contribution in [0.4, 0.5) is 0 Å². The lowest BCUT2D eigenvalue weighted by Crippen LogP contribution is -2.59. The van der Waals surface area contributed by atoms with Crippen molar-refractivity contribution >= 4 is 93.7 Å². The van der Waals surface area contributed by atoms with Crippen molar-refractivity contribution in [3.63, 3.8) is 0 Å². The summed E-state index contributed by atoms with van der Waals surface area (Å²) in [5.74, 6) is -8.55. The first kappa shape index (κ1) is 88.5. The van der Waals surface area contributed by atoms with Crippen LogP contribution in [-0.4, -0.2) is 216 Å². The van der Waals surface area contributed by atoms with Crippen LogP contribution in [0, 0.1) is 0 Å². The fourth-order valence-electron chi connectivity index (χ4n) is 15.7. The molecule has 0 saturated carbocycles. The highest BCUT2D eigenvalue weighted by molar-refractivity contribution is 5.93. The number of fused-ring (bicyclic) bond motifs is 8. The number of aromatic amines is 2. The Labute approximate surface area is 708 Å². The number of rotatable bonds is 24. The maximum atomic E-state index is 12.9. The van der Waals surface area contributed by atoms with Crippen molar-refractivity contribution < 1.29 is 152 Å². The molecule has 0 unspecified atom stereocenters. The highest BCUT2D eigenvalue weighted by Gasteiger charge is 2.53. The first-order valence-corrected chi connectivity index (χ1v) is 39.6. The number of esters is 12. The monoisotopic (exact) mass is 1710 g/mol. The quantitative estimate of drug-likeness (QED) is 0.0422. The van der Waals surface area contributed by atoms with Gasteiger partial charge in [0.25, 0.3) is 0 Å². The second kappa shape index (κ2) is 38.8. The number of nitrogens with one attached hydrogen (secondary N) is 2. The fraction of sp³-hybridized carbons (Fsp3) is 0.409. The van der Waals surface area contributed by atoms with Gasteiger partial charge in [-0.25, -0.2) is 0 Å². The molecule has 7 aromatic rings. The van der Waals surface area contributed by atoms with E-state index in [1.165, 1.54) is 0 Å². The number of aryl methyl sites for hydroxylation is 4. The van der Waals surface area contributed by atoms with E-state index < -0.39 is 170 Å². The van der Waals surface area contributed by atoms with E-state index in [9.17, 15) is 57.5 Å². The Morgan fingerprint density at radius 2 is 0.444 bits per heavy atom. The molecule has 36 heteroatoms. The Balaban J connectivity index is 1.04. The number of ether oxygens (including phenoxy) is 20. The number of aromatic nitrogens is 4. The number of hydrogen-bond donors (Lipinski definition) is 2. The molecule has 0 spiro atoms. The maximum Gasteiger partial charge on any atom is 0.303 e. The van der Waals surface area contributed by atoms with Gasteiger partial charge in [0.1, 0.15) is 23.0 Å². The first-order chi connectivity index (χ1) is 59.3. The van der Waals surface area contributed by atoms with Crippen LogP contribution in [0.15, 0.2) is 121 Å². The molecule has 9 heterocycles. The molecule has 124 heavy (non-hydrogen) atoms. The third-order valence-electron chi connectivity index (χ3n) is 20.1. The van der Waals surface area contributed by atoms with Crippen molar-refractivity contribution in [2.75, 3.05) is 26.4 Å². The molecule has 13 rings (SSSR count). The van der Waals surface area contributed by atoms with Crippen LogP contribution in [0.1, 0.15) is 106 Å². The molecule has 8 bridgehead atoms. The molecule has 0 aliphatic carbocycles. The van der Waals surface area contributed by atoms with Gasteiger partial charge in [-0.1, -0.05) is 48.5 Å². The molecular weight excluding hydrogens is 1620 g/mol. The minimum Gasteiger partial charge on any atom is -0.461 e. The molecule has 6 aliphatic rings. The van der Waals surface area contributed by atoms with E-state index in [1.54, 1.807) is 72.8 Å². The van der Waals surface area contributed by atoms with Crippen molar-refractivity contribution in [2.45, 2.75) is 207 Å². The highest BCUT2D eigenvalue weighted by Crippen LogP contribution is 2.43. The van der Waals surface area contributed by atoms with Crippen molar-refractivity contribution in [3.05, 3.63) is 144 Å². The first-order valence-electron chi connectivity index (χ1n) is 39.6. The summed E-state index contributed by atoms with van der Waals surface area (Å²) in [5.41, 5.74) is 8.30. The number of hydrogen-bond acceptors (Lipinski definition) is 34. The topological polar surface area (TPSA) is 447 Å². The van der Waals surface area contributed by atoms with Crippen LogP contribution >= 0.6 is 0 Å². The molecule has 4 aromatic carbocycles. The number of benzene rings is 4. The third kappa shape index (κ3) is 21.4. The predicted molar refractivity (Wildman–Crippen MR) is 426 cm³/mol. The van der Waals surface area contributed by atoms with Gasteiger partial charge in [-0.2, -0.15) is 0 Å². The Kier molecular flexibility index (Phi) is 27.7. The summed E-state index contributed by atoms with van der Waals surface area (Å²) >= 11 is 0. The van der Waals surface area contributed by atoms with Crippen LogP contribution in [-0.2, 0) is 159 Å². The summed E-state index contributed by atoms with van der Waals surface area (Å²) in [7, 11) is 0. The Hall–Kier alpha value is -13.3. The summed E-state index contributed by atoms with van der Waals surface area (Å²) in [5, 5.41) is 0. The van der Waals surface area contributed by atoms with E-state index in [2.05, 4.69) is 9.97 Å². The standard InChI is InChI=1S/C88H90N4O32/c1-41(93)109-69-37-105-85(81(117-49(9)101)77(69)113-45(5)97)121-57-21-13-17-53(33-57)73-61-25-27-63(89-61)74(54-18-14-22-58(34-54)122-86-82(118-50(10)102)78(114-46(6)98)70(38-106-86)110-42(2)94)65-29-31-67(91-65)76(56-20-16-24-60(36-56)124-88-84(120-52(12)104)80(116-48(8)100)72(40-108-88)112-44(4)96)68-32-30-66(92-68)75(64-28-26-62(73)90-64)55-19-15-23-59(35-55)123-87-83(119-51(11)103)79(115-47(7)99)71(39-107-87)111-43(3)95/h13-25,27,30,32-36,69-72,77-89,92H,26,28-29,31,37-40H2,1-12H3/t69-,70-,71-,72-,77-,78-,79-,80-,81+,82+,83+,84+,85+,86+,87+,88+/m1/s1. The molecule has 4 fully saturated rings. The van der Waals surface area contributed by atoms with Gasteiger partial charge < -0.3 is 105 Å². The molecule has 3 aromatic heterocycles. The van der Waals surface area contributed by atoms with E-state index >= 15 is 0 Å². The molecule has 6 aliphatic heterocycles. The van der Waals surface area contributed by atoms with Crippen LogP contribution in [0.3, 0.4) is 0 Å². The summed E-state index contributed by atoms with van der Waals surface area (Å²) in [6.07, 6.45) is -21.0. The molecule has 0 amide bonds.